The molecule has 0 radical (unpaired) electrons. The maximum Gasteiger partial charge on any atom is 0.358 e. The molecule has 0 fully saturated rings. The summed E-state index contributed by atoms with van der Waals surface area (Å²) in [6.45, 7) is 1.67. The Morgan fingerprint density at radius 1 is 1.36 bits per heavy atom. The minimum absolute atomic E-state index is 0.0229. The van der Waals surface area contributed by atoms with Gasteiger partial charge in [0.05, 0.1) is 19.8 Å². The summed E-state index contributed by atoms with van der Waals surface area (Å²) in [5.74, 6) is -1.72. The first kappa shape index (κ1) is 16.0. The minimum atomic E-state index is -0.892. The van der Waals surface area contributed by atoms with Gasteiger partial charge in [0, 0.05) is 0 Å². The molecule has 0 aliphatic carbocycles. The van der Waals surface area contributed by atoms with E-state index in [9.17, 15) is 14.0 Å². The molecule has 0 unspecified atom stereocenters. The first-order chi connectivity index (χ1) is 10.4. The first-order valence-electron chi connectivity index (χ1n) is 6.12. The number of carbonyl (C=O) groups is 1. The van der Waals surface area contributed by atoms with Gasteiger partial charge >= 0.3 is 5.97 Å². The summed E-state index contributed by atoms with van der Waals surface area (Å²) in [5.41, 5.74) is -0.609. The zero-order valence-electron chi connectivity index (χ0n) is 12.0. The Morgan fingerprint density at radius 3 is 2.64 bits per heavy atom. The van der Waals surface area contributed by atoms with Gasteiger partial charge in [-0.25, -0.2) is 14.2 Å². The van der Waals surface area contributed by atoms with Crippen molar-refractivity contribution in [2.45, 2.75) is 6.92 Å². The summed E-state index contributed by atoms with van der Waals surface area (Å²) in [6.07, 6.45) is 0. The van der Waals surface area contributed by atoms with Crippen molar-refractivity contribution in [2.75, 3.05) is 14.2 Å². The van der Waals surface area contributed by atoms with Crippen molar-refractivity contribution in [1.82, 2.24) is 9.97 Å². The van der Waals surface area contributed by atoms with Crippen LogP contribution in [-0.4, -0.2) is 30.2 Å². The number of esters is 1. The molecule has 8 heteroatoms. The lowest BCUT2D eigenvalue weighted by molar-refractivity contribution is 0.0594. The molecule has 0 saturated carbocycles. The van der Waals surface area contributed by atoms with Gasteiger partial charge in [-0.1, -0.05) is 17.7 Å². The molecule has 2 rings (SSSR count). The summed E-state index contributed by atoms with van der Waals surface area (Å²) in [7, 11) is 2.45. The number of benzene rings is 1. The van der Waals surface area contributed by atoms with Gasteiger partial charge in [0.25, 0.3) is 5.56 Å². The van der Waals surface area contributed by atoms with E-state index in [1.807, 2.05) is 0 Å². The summed E-state index contributed by atoms with van der Waals surface area (Å²) < 4.78 is 23.9. The highest BCUT2D eigenvalue weighted by Crippen LogP contribution is 2.30. The Labute approximate surface area is 129 Å². The van der Waals surface area contributed by atoms with E-state index in [1.54, 1.807) is 13.0 Å². The Kier molecular flexibility index (Phi) is 4.46. The zero-order chi connectivity index (χ0) is 16.4. The average Bonchev–Trinajstić information content (AvgIpc) is 2.50. The monoisotopic (exact) mass is 326 g/mol. The number of aromatic amines is 1. The Hall–Kier alpha value is -2.41. The predicted octanol–water partition coefficient (Wildman–Crippen LogP) is 2.33. The largest absolute Gasteiger partial charge is 0.493 e. The summed E-state index contributed by atoms with van der Waals surface area (Å²) >= 11 is 5.72. The van der Waals surface area contributed by atoms with Crippen molar-refractivity contribution < 1.29 is 18.7 Å². The van der Waals surface area contributed by atoms with Crippen LogP contribution in [0.1, 0.15) is 16.1 Å². The molecule has 0 aliphatic heterocycles. The van der Waals surface area contributed by atoms with Crippen molar-refractivity contribution in [1.29, 1.82) is 0 Å². The molecule has 1 aromatic carbocycles. The third-order valence-electron chi connectivity index (χ3n) is 2.99. The molecule has 116 valence electrons. The van der Waals surface area contributed by atoms with Crippen LogP contribution in [-0.2, 0) is 4.74 Å². The van der Waals surface area contributed by atoms with Crippen LogP contribution in [0.5, 0.6) is 5.75 Å². The maximum absolute atomic E-state index is 14.4. The molecule has 0 spiro atoms. The second-order valence-corrected chi connectivity index (χ2v) is 4.72. The number of nitrogens with one attached hydrogen (secondary N) is 1. The number of halogens is 2. The molecular formula is C14H12ClFN2O4. The third kappa shape index (κ3) is 2.67. The number of carbonyl (C=O) groups excluding carboxylic acids is 1. The van der Waals surface area contributed by atoms with Crippen molar-refractivity contribution in [3.8, 4) is 17.1 Å². The molecule has 0 atom stereocenters. The molecular weight excluding hydrogens is 315 g/mol. The summed E-state index contributed by atoms with van der Waals surface area (Å²) in [5, 5.41) is -0.421. The second-order valence-electron chi connectivity index (χ2n) is 4.35. The van der Waals surface area contributed by atoms with Crippen LogP contribution >= 0.6 is 11.6 Å². The van der Waals surface area contributed by atoms with Gasteiger partial charge in [0.1, 0.15) is 10.8 Å². The highest BCUT2D eigenvalue weighted by atomic mass is 35.5. The van der Waals surface area contributed by atoms with Crippen LogP contribution in [0.3, 0.4) is 0 Å². The van der Waals surface area contributed by atoms with Crippen LogP contribution in [0.25, 0.3) is 11.4 Å². The molecule has 1 heterocycles. The van der Waals surface area contributed by atoms with Crippen molar-refractivity contribution >= 4 is 17.6 Å². The van der Waals surface area contributed by atoms with Gasteiger partial charge in [-0.2, -0.15) is 0 Å². The average molecular weight is 327 g/mol. The van der Waals surface area contributed by atoms with Gasteiger partial charge in [0.15, 0.2) is 17.3 Å². The smallest absolute Gasteiger partial charge is 0.358 e. The second kappa shape index (κ2) is 6.15. The van der Waals surface area contributed by atoms with Gasteiger partial charge in [-0.05, 0) is 18.6 Å². The van der Waals surface area contributed by atoms with Crippen molar-refractivity contribution in [2.24, 2.45) is 0 Å². The highest BCUT2D eigenvalue weighted by molar-refractivity contribution is 6.33. The molecule has 0 bridgehead atoms. The lowest BCUT2D eigenvalue weighted by Gasteiger charge is -2.10. The Balaban J connectivity index is 2.71. The number of rotatable bonds is 3. The maximum atomic E-state index is 14.4. The van der Waals surface area contributed by atoms with E-state index in [4.69, 9.17) is 16.3 Å². The van der Waals surface area contributed by atoms with Crippen LogP contribution in [0.15, 0.2) is 16.9 Å². The van der Waals surface area contributed by atoms with E-state index in [-0.39, 0.29) is 22.8 Å². The molecule has 6 nitrogen and oxygen atoms in total. The van der Waals surface area contributed by atoms with Gasteiger partial charge < -0.3 is 14.5 Å². The van der Waals surface area contributed by atoms with Gasteiger partial charge in [-0.3, -0.25) is 4.79 Å². The van der Waals surface area contributed by atoms with Crippen LogP contribution in [0.2, 0.25) is 5.02 Å². The summed E-state index contributed by atoms with van der Waals surface area (Å²) in [4.78, 5) is 29.6. The van der Waals surface area contributed by atoms with E-state index in [0.29, 0.717) is 5.56 Å². The standard InChI is InChI=1S/C14H12ClFN2O4/c1-6-4-5-7(9(16)11(6)21-2)12-17-10(14(20)22-3)8(15)13(19)18-12/h4-5H,1-3H3,(H,17,18,19). The van der Waals surface area contributed by atoms with Gasteiger partial charge in [-0.15, -0.1) is 0 Å². The Morgan fingerprint density at radius 2 is 2.05 bits per heavy atom. The number of methoxy groups -OCH3 is 2. The fraction of sp³-hybridized carbons (Fsp3) is 0.214. The molecule has 1 aromatic heterocycles. The zero-order valence-corrected chi connectivity index (χ0v) is 12.7. The van der Waals surface area contributed by atoms with Crippen LogP contribution in [0.4, 0.5) is 4.39 Å². The lowest BCUT2D eigenvalue weighted by Crippen LogP contribution is -2.17. The molecule has 2 aromatic rings. The summed E-state index contributed by atoms with van der Waals surface area (Å²) in [6, 6.07) is 3.02. The third-order valence-corrected chi connectivity index (χ3v) is 3.35. The number of hydrogen-bond donors (Lipinski definition) is 1. The molecule has 0 amide bonds. The van der Waals surface area contributed by atoms with Crippen molar-refractivity contribution in [3.63, 3.8) is 0 Å². The fourth-order valence-electron chi connectivity index (χ4n) is 1.90. The van der Waals surface area contributed by atoms with Crippen molar-refractivity contribution in [3.05, 3.63) is 44.6 Å². The van der Waals surface area contributed by atoms with E-state index in [2.05, 4.69) is 14.7 Å². The first-order valence-corrected chi connectivity index (χ1v) is 6.50. The van der Waals surface area contributed by atoms with E-state index < -0.39 is 22.4 Å². The molecule has 1 N–H and O–H groups in total. The minimum Gasteiger partial charge on any atom is -0.493 e. The number of H-pyrrole nitrogens is 1. The molecule has 22 heavy (non-hydrogen) atoms. The molecule has 0 saturated heterocycles. The lowest BCUT2D eigenvalue weighted by atomic mass is 10.1. The van der Waals surface area contributed by atoms with E-state index >= 15 is 0 Å². The number of hydrogen-bond acceptors (Lipinski definition) is 5. The van der Waals surface area contributed by atoms with Crippen LogP contribution < -0.4 is 10.3 Å². The molecule has 0 aliphatic rings. The van der Waals surface area contributed by atoms with Crippen LogP contribution in [0, 0.1) is 12.7 Å². The van der Waals surface area contributed by atoms with Gasteiger partial charge in [0.2, 0.25) is 0 Å². The number of aromatic nitrogens is 2. The van der Waals surface area contributed by atoms with E-state index in [1.165, 1.54) is 13.2 Å². The SMILES string of the molecule is COC(=O)c1nc(-c2ccc(C)c(OC)c2F)[nH]c(=O)c1Cl. The topological polar surface area (TPSA) is 81.3 Å². The number of ether oxygens (including phenoxy) is 2. The normalized spacial score (nSPS) is 10.4. The highest BCUT2D eigenvalue weighted by Gasteiger charge is 2.21. The van der Waals surface area contributed by atoms with E-state index in [0.717, 1.165) is 7.11 Å². The Bertz CT molecular complexity index is 804. The predicted molar refractivity (Wildman–Crippen MR) is 77.9 cm³/mol. The number of aryl methyl sites for hydroxylation is 1. The number of nitrogens with zero attached hydrogens (tertiary/aromatic N) is 1. The quantitative estimate of drug-likeness (QED) is 0.875. The fourth-order valence-corrected chi connectivity index (χ4v) is 2.07.